The second kappa shape index (κ2) is 6.52. The maximum absolute atomic E-state index is 13.5. The molecule has 1 N–H and O–H groups in total. The molecule has 1 aromatic carbocycles. The Bertz CT molecular complexity index is 643. The van der Waals surface area contributed by atoms with E-state index in [1.807, 2.05) is 0 Å². The molecule has 112 valence electrons. The Kier molecular flexibility index (Phi) is 4.69. The number of hydrogen-bond donors (Lipinski definition) is 1. The molecule has 21 heavy (non-hydrogen) atoms. The minimum atomic E-state index is -0.255. The standard InChI is InChI=1S/C15H16BrFN2OS/c1-20-8-13-14(7-18-10-3-4-10)21-15(19-13)11-6-9(17)2-5-12(11)16/h2,5-6,10,18H,3-4,7-8H2,1H3. The van der Waals surface area contributed by atoms with Gasteiger partial charge < -0.3 is 10.1 Å². The van der Waals surface area contributed by atoms with Crippen LogP contribution >= 0.6 is 27.3 Å². The highest BCUT2D eigenvalue weighted by atomic mass is 79.9. The third-order valence-electron chi connectivity index (χ3n) is 3.35. The van der Waals surface area contributed by atoms with E-state index in [1.165, 1.54) is 25.0 Å². The maximum atomic E-state index is 13.5. The van der Waals surface area contributed by atoms with E-state index in [0.29, 0.717) is 12.6 Å². The van der Waals surface area contributed by atoms with Gasteiger partial charge in [-0.2, -0.15) is 0 Å². The number of benzene rings is 1. The molecular weight excluding hydrogens is 355 g/mol. The van der Waals surface area contributed by atoms with Crippen LogP contribution in [0.3, 0.4) is 0 Å². The van der Waals surface area contributed by atoms with E-state index in [2.05, 4.69) is 26.2 Å². The molecule has 1 fully saturated rings. The molecular formula is C15H16BrFN2OS. The highest BCUT2D eigenvalue weighted by molar-refractivity contribution is 9.10. The summed E-state index contributed by atoms with van der Waals surface area (Å²) in [5, 5.41) is 4.31. The first-order valence-electron chi connectivity index (χ1n) is 6.83. The Balaban J connectivity index is 1.90. The van der Waals surface area contributed by atoms with Crippen molar-refractivity contribution in [1.82, 2.24) is 10.3 Å². The van der Waals surface area contributed by atoms with Gasteiger partial charge in [-0.15, -0.1) is 11.3 Å². The minimum Gasteiger partial charge on any atom is -0.378 e. The molecule has 6 heteroatoms. The van der Waals surface area contributed by atoms with E-state index >= 15 is 0 Å². The van der Waals surface area contributed by atoms with E-state index in [1.54, 1.807) is 24.5 Å². The van der Waals surface area contributed by atoms with Gasteiger partial charge in [0.25, 0.3) is 0 Å². The number of thiazole rings is 1. The molecule has 0 unspecified atom stereocenters. The molecule has 0 bridgehead atoms. The Morgan fingerprint density at radius 1 is 1.48 bits per heavy atom. The van der Waals surface area contributed by atoms with Crippen LogP contribution in [0.25, 0.3) is 10.6 Å². The third kappa shape index (κ3) is 3.69. The van der Waals surface area contributed by atoms with E-state index in [-0.39, 0.29) is 5.82 Å². The number of ether oxygens (including phenoxy) is 1. The first-order valence-corrected chi connectivity index (χ1v) is 8.44. The largest absolute Gasteiger partial charge is 0.378 e. The highest BCUT2D eigenvalue weighted by Gasteiger charge is 2.22. The second-order valence-corrected chi connectivity index (χ2v) is 7.04. The molecule has 0 aliphatic heterocycles. The predicted molar refractivity (Wildman–Crippen MR) is 85.8 cm³/mol. The van der Waals surface area contributed by atoms with E-state index in [0.717, 1.165) is 32.2 Å². The van der Waals surface area contributed by atoms with Crippen LogP contribution in [-0.4, -0.2) is 18.1 Å². The molecule has 1 aromatic heterocycles. The number of rotatable bonds is 6. The Morgan fingerprint density at radius 2 is 2.29 bits per heavy atom. The van der Waals surface area contributed by atoms with Gasteiger partial charge in [0, 0.05) is 34.6 Å². The summed E-state index contributed by atoms with van der Waals surface area (Å²) in [5.74, 6) is -0.255. The van der Waals surface area contributed by atoms with Gasteiger partial charge in [0.15, 0.2) is 0 Å². The summed E-state index contributed by atoms with van der Waals surface area (Å²) in [6, 6.07) is 5.31. The topological polar surface area (TPSA) is 34.1 Å². The number of hydrogen-bond acceptors (Lipinski definition) is 4. The van der Waals surface area contributed by atoms with Crippen LogP contribution in [0.5, 0.6) is 0 Å². The summed E-state index contributed by atoms with van der Waals surface area (Å²) < 4.78 is 19.5. The van der Waals surface area contributed by atoms with Crippen LogP contribution in [0.2, 0.25) is 0 Å². The lowest BCUT2D eigenvalue weighted by Gasteiger charge is -2.02. The highest BCUT2D eigenvalue weighted by Crippen LogP contribution is 2.34. The van der Waals surface area contributed by atoms with Crippen molar-refractivity contribution in [3.63, 3.8) is 0 Å². The van der Waals surface area contributed by atoms with Crippen molar-refractivity contribution < 1.29 is 9.13 Å². The van der Waals surface area contributed by atoms with Gasteiger partial charge in [-0.3, -0.25) is 0 Å². The monoisotopic (exact) mass is 370 g/mol. The summed E-state index contributed by atoms with van der Waals surface area (Å²) in [6.45, 7) is 1.28. The molecule has 0 radical (unpaired) electrons. The van der Waals surface area contributed by atoms with Crippen molar-refractivity contribution in [2.45, 2.75) is 32.0 Å². The van der Waals surface area contributed by atoms with Crippen LogP contribution in [-0.2, 0) is 17.9 Å². The summed E-state index contributed by atoms with van der Waals surface area (Å²) in [5.41, 5.74) is 1.72. The van der Waals surface area contributed by atoms with Gasteiger partial charge in [-0.05, 0) is 31.0 Å². The molecule has 0 atom stereocenters. The average molecular weight is 371 g/mol. The van der Waals surface area contributed by atoms with Gasteiger partial charge in [-0.1, -0.05) is 15.9 Å². The van der Waals surface area contributed by atoms with E-state index in [4.69, 9.17) is 4.74 Å². The first kappa shape index (κ1) is 15.1. The zero-order valence-electron chi connectivity index (χ0n) is 11.7. The molecule has 1 aliphatic rings. The summed E-state index contributed by atoms with van der Waals surface area (Å²) in [6.07, 6.45) is 2.50. The van der Waals surface area contributed by atoms with Crippen LogP contribution in [0.15, 0.2) is 22.7 Å². The molecule has 0 spiro atoms. The van der Waals surface area contributed by atoms with Crippen molar-refractivity contribution in [3.05, 3.63) is 39.1 Å². The smallest absolute Gasteiger partial charge is 0.125 e. The van der Waals surface area contributed by atoms with Gasteiger partial charge in [0.1, 0.15) is 10.8 Å². The quantitative estimate of drug-likeness (QED) is 0.830. The van der Waals surface area contributed by atoms with Gasteiger partial charge in [0.2, 0.25) is 0 Å². The fourth-order valence-electron chi connectivity index (χ4n) is 2.07. The zero-order valence-corrected chi connectivity index (χ0v) is 14.1. The molecule has 0 amide bonds. The number of methoxy groups -OCH3 is 1. The molecule has 1 aliphatic carbocycles. The fourth-order valence-corrected chi connectivity index (χ4v) is 3.68. The SMILES string of the molecule is COCc1nc(-c2cc(F)ccc2Br)sc1CNC1CC1. The Hall–Kier alpha value is -0.820. The Labute approximate surface area is 135 Å². The van der Waals surface area contributed by atoms with E-state index in [9.17, 15) is 4.39 Å². The van der Waals surface area contributed by atoms with Crippen LogP contribution in [0.1, 0.15) is 23.4 Å². The lowest BCUT2D eigenvalue weighted by Crippen LogP contribution is -2.15. The zero-order chi connectivity index (χ0) is 14.8. The molecule has 1 heterocycles. The minimum absolute atomic E-state index is 0.255. The fraction of sp³-hybridized carbons (Fsp3) is 0.400. The van der Waals surface area contributed by atoms with Crippen molar-refractivity contribution in [2.24, 2.45) is 0 Å². The Morgan fingerprint density at radius 3 is 3.00 bits per heavy atom. The van der Waals surface area contributed by atoms with Crippen molar-refractivity contribution in [3.8, 4) is 10.6 Å². The number of halogens is 2. The van der Waals surface area contributed by atoms with Crippen LogP contribution < -0.4 is 5.32 Å². The van der Waals surface area contributed by atoms with Gasteiger partial charge in [-0.25, -0.2) is 9.37 Å². The average Bonchev–Trinajstić information content (AvgIpc) is 3.21. The first-order chi connectivity index (χ1) is 10.2. The lowest BCUT2D eigenvalue weighted by molar-refractivity contribution is 0.181. The van der Waals surface area contributed by atoms with Crippen molar-refractivity contribution in [1.29, 1.82) is 0 Å². The molecule has 2 aromatic rings. The van der Waals surface area contributed by atoms with Gasteiger partial charge >= 0.3 is 0 Å². The molecule has 0 saturated heterocycles. The van der Waals surface area contributed by atoms with Crippen molar-refractivity contribution >= 4 is 27.3 Å². The number of aromatic nitrogens is 1. The van der Waals surface area contributed by atoms with Crippen LogP contribution in [0.4, 0.5) is 4.39 Å². The third-order valence-corrected chi connectivity index (χ3v) is 5.17. The van der Waals surface area contributed by atoms with Gasteiger partial charge in [0.05, 0.1) is 12.3 Å². The molecule has 3 rings (SSSR count). The van der Waals surface area contributed by atoms with E-state index < -0.39 is 0 Å². The summed E-state index contributed by atoms with van der Waals surface area (Å²) >= 11 is 5.06. The molecule has 3 nitrogen and oxygen atoms in total. The number of nitrogens with zero attached hydrogens (tertiary/aromatic N) is 1. The molecule has 1 saturated carbocycles. The lowest BCUT2D eigenvalue weighted by atomic mass is 10.2. The number of nitrogens with one attached hydrogen (secondary N) is 1. The van der Waals surface area contributed by atoms with Crippen molar-refractivity contribution in [2.75, 3.05) is 7.11 Å². The maximum Gasteiger partial charge on any atom is 0.125 e. The second-order valence-electron chi connectivity index (χ2n) is 5.10. The summed E-state index contributed by atoms with van der Waals surface area (Å²) in [7, 11) is 1.66. The van der Waals surface area contributed by atoms with Crippen LogP contribution in [0, 0.1) is 5.82 Å². The predicted octanol–water partition coefficient (Wildman–Crippen LogP) is 4.11. The summed E-state index contributed by atoms with van der Waals surface area (Å²) in [4.78, 5) is 5.79. The normalized spacial score (nSPS) is 14.6.